The fourth-order valence-corrected chi connectivity index (χ4v) is 2.41. The first-order valence-electron chi connectivity index (χ1n) is 6.51. The van der Waals surface area contributed by atoms with Crippen molar-refractivity contribution in [3.63, 3.8) is 0 Å². The highest BCUT2D eigenvalue weighted by atomic mass is 32.2. The van der Waals surface area contributed by atoms with E-state index in [0.29, 0.717) is 17.8 Å². The number of rotatable bonds is 6. The summed E-state index contributed by atoms with van der Waals surface area (Å²) in [6, 6.07) is 0.414. The molecular weight excluding hydrogens is 244 g/mol. The number of hydrogen-bond donors (Lipinski definition) is 2. The van der Waals surface area contributed by atoms with Crippen LogP contribution in [0.4, 0.5) is 11.6 Å². The van der Waals surface area contributed by atoms with E-state index in [4.69, 9.17) is 5.73 Å². The molecule has 0 bridgehead atoms. The van der Waals surface area contributed by atoms with Crippen LogP contribution in [0.1, 0.15) is 43.5 Å². The summed E-state index contributed by atoms with van der Waals surface area (Å²) >= 11 is 1.87. The van der Waals surface area contributed by atoms with Crippen LogP contribution in [0.25, 0.3) is 0 Å². The van der Waals surface area contributed by atoms with Crippen molar-refractivity contribution in [3.8, 4) is 0 Å². The molecule has 1 unspecified atom stereocenters. The Morgan fingerprint density at radius 2 is 2.17 bits per heavy atom. The van der Waals surface area contributed by atoms with E-state index >= 15 is 0 Å². The molecule has 1 fully saturated rings. The Balaban J connectivity index is 2.10. The summed E-state index contributed by atoms with van der Waals surface area (Å²) < 4.78 is 0. The second kappa shape index (κ2) is 5.78. The number of nitrogen functional groups attached to an aromatic ring is 1. The number of nitrogens with zero attached hydrogens (tertiary/aromatic N) is 2. The number of aromatic nitrogens is 2. The SMILES string of the molecule is CSCCC(C)Nc1nc(C2CC2)nc(N)c1C. The van der Waals surface area contributed by atoms with Gasteiger partial charge in [-0.3, -0.25) is 0 Å². The molecule has 1 aliphatic rings. The van der Waals surface area contributed by atoms with Crippen molar-refractivity contribution in [1.82, 2.24) is 9.97 Å². The van der Waals surface area contributed by atoms with Crippen molar-refractivity contribution < 1.29 is 0 Å². The lowest BCUT2D eigenvalue weighted by Crippen LogP contribution is -2.19. The molecule has 18 heavy (non-hydrogen) atoms. The highest BCUT2D eigenvalue weighted by Gasteiger charge is 2.28. The van der Waals surface area contributed by atoms with Gasteiger partial charge < -0.3 is 11.1 Å². The largest absolute Gasteiger partial charge is 0.383 e. The second-order valence-corrected chi connectivity index (χ2v) is 6.03. The zero-order valence-electron chi connectivity index (χ0n) is 11.4. The minimum Gasteiger partial charge on any atom is -0.383 e. The van der Waals surface area contributed by atoms with Gasteiger partial charge in [-0.25, -0.2) is 9.97 Å². The Kier molecular flexibility index (Phi) is 4.32. The van der Waals surface area contributed by atoms with Gasteiger partial charge in [-0.1, -0.05) is 0 Å². The van der Waals surface area contributed by atoms with Gasteiger partial charge in [0.05, 0.1) is 0 Å². The fraction of sp³-hybridized carbons (Fsp3) is 0.692. The van der Waals surface area contributed by atoms with Crippen LogP contribution in [-0.2, 0) is 0 Å². The molecule has 1 aromatic rings. The topological polar surface area (TPSA) is 63.8 Å². The van der Waals surface area contributed by atoms with E-state index in [0.717, 1.165) is 29.4 Å². The first-order chi connectivity index (χ1) is 8.61. The van der Waals surface area contributed by atoms with E-state index in [2.05, 4.69) is 28.5 Å². The average Bonchev–Trinajstić information content (AvgIpc) is 3.16. The van der Waals surface area contributed by atoms with Crippen molar-refractivity contribution >= 4 is 23.4 Å². The van der Waals surface area contributed by atoms with E-state index in [-0.39, 0.29) is 0 Å². The van der Waals surface area contributed by atoms with E-state index in [9.17, 15) is 0 Å². The molecule has 1 atom stereocenters. The highest BCUT2D eigenvalue weighted by molar-refractivity contribution is 7.98. The Morgan fingerprint density at radius 1 is 1.44 bits per heavy atom. The molecule has 4 nitrogen and oxygen atoms in total. The molecule has 0 radical (unpaired) electrons. The molecule has 0 amide bonds. The van der Waals surface area contributed by atoms with Crippen LogP contribution in [0, 0.1) is 6.92 Å². The van der Waals surface area contributed by atoms with Gasteiger partial charge in [0.15, 0.2) is 0 Å². The predicted octanol–water partition coefficient (Wildman–Crippen LogP) is 2.80. The van der Waals surface area contributed by atoms with E-state index in [1.807, 2.05) is 18.7 Å². The monoisotopic (exact) mass is 266 g/mol. The first kappa shape index (κ1) is 13.5. The smallest absolute Gasteiger partial charge is 0.136 e. The van der Waals surface area contributed by atoms with Crippen LogP contribution in [0.15, 0.2) is 0 Å². The molecule has 3 N–H and O–H groups in total. The van der Waals surface area contributed by atoms with Crippen molar-refractivity contribution in [2.75, 3.05) is 23.1 Å². The standard InChI is InChI=1S/C13H22N4S/c1-8(6-7-18-3)15-12-9(2)11(14)16-13(17-12)10-4-5-10/h8,10H,4-7H2,1-3H3,(H3,14,15,16,17). The molecule has 100 valence electrons. The second-order valence-electron chi connectivity index (χ2n) is 5.04. The highest BCUT2D eigenvalue weighted by Crippen LogP contribution is 2.39. The van der Waals surface area contributed by atoms with Crippen LogP contribution >= 0.6 is 11.8 Å². The fourth-order valence-electron chi connectivity index (χ4n) is 1.82. The Hall–Kier alpha value is -0.970. The Morgan fingerprint density at radius 3 is 2.78 bits per heavy atom. The van der Waals surface area contributed by atoms with Gasteiger partial charge >= 0.3 is 0 Å². The van der Waals surface area contributed by atoms with Crippen molar-refractivity contribution in [3.05, 3.63) is 11.4 Å². The summed E-state index contributed by atoms with van der Waals surface area (Å²) in [5.74, 6) is 4.14. The molecule has 1 aromatic heterocycles. The number of anilines is 2. The summed E-state index contributed by atoms with van der Waals surface area (Å²) in [5.41, 5.74) is 6.94. The zero-order valence-corrected chi connectivity index (χ0v) is 12.2. The lowest BCUT2D eigenvalue weighted by Gasteiger charge is -2.17. The molecule has 0 aromatic carbocycles. The van der Waals surface area contributed by atoms with Crippen molar-refractivity contribution in [2.45, 2.75) is 45.1 Å². The van der Waals surface area contributed by atoms with Crippen molar-refractivity contribution in [1.29, 1.82) is 0 Å². The lowest BCUT2D eigenvalue weighted by molar-refractivity contribution is 0.761. The molecular formula is C13H22N4S. The maximum atomic E-state index is 5.97. The van der Waals surface area contributed by atoms with Crippen LogP contribution in [0.3, 0.4) is 0 Å². The van der Waals surface area contributed by atoms with Gasteiger partial charge in [0.25, 0.3) is 0 Å². The maximum Gasteiger partial charge on any atom is 0.136 e. The Labute approximate surface area is 113 Å². The third kappa shape index (κ3) is 3.28. The van der Waals surface area contributed by atoms with Gasteiger partial charge in [-0.2, -0.15) is 11.8 Å². The maximum absolute atomic E-state index is 5.97. The molecule has 5 heteroatoms. The third-order valence-corrected chi connectivity index (χ3v) is 3.93. The third-order valence-electron chi connectivity index (χ3n) is 3.28. The average molecular weight is 266 g/mol. The van der Waals surface area contributed by atoms with Crippen LogP contribution in [0.2, 0.25) is 0 Å². The molecule has 2 rings (SSSR count). The predicted molar refractivity (Wildman–Crippen MR) is 79.2 cm³/mol. The molecule has 0 spiro atoms. The van der Waals surface area contributed by atoms with Gasteiger partial charge in [0.2, 0.25) is 0 Å². The van der Waals surface area contributed by atoms with Gasteiger partial charge in [0.1, 0.15) is 17.5 Å². The van der Waals surface area contributed by atoms with E-state index in [1.54, 1.807) is 0 Å². The normalized spacial score (nSPS) is 16.6. The van der Waals surface area contributed by atoms with E-state index in [1.165, 1.54) is 12.8 Å². The minimum atomic E-state index is 0.414. The molecule has 1 saturated carbocycles. The Bertz CT molecular complexity index is 418. The van der Waals surface area contributed by atoms with Crippen LogP contribution in [0.5, 0.6) is 0 Å². The number of nitrogens with two attached hydrogens (primary N) is 1. The number of hydrogen-bond acceptors (Lipinski definition) is 5. The summed E-state index contributed by atoms with van der Waals surface area (Å²) in [6.45, 7) is 4.17. The van der Waals surface area contributed by atoms with E-state index < -0.39 is 0 Å². The summed E-state index contributed by atoms with van der Waals surface area (Å²) in [5, 5.41) is 3.46. The summed E-state index contributed by atoms with van der Waals surface area (Å²) in [4.78, 5) is 9.02. The summed E-state index contributed by atoms with van der Waals surface area (Å²) in [7, 11) is 0. The summed E-state index contributed by atoms with van der Waals surface area (Å²) in [6.07, 6.45) is 5.66. The number of thioether (sulfide) groups is 1. The molecule has 0 saturated heterocycles. The van der Waals surface area contributed by atoms with Gasteiger partial charge in [0, 0.05) is 17.5 Å². The number of nitrogens with one attached hydrogen (secondary N) is 1. The van der Waals surface area contributed by atoms with Gasteiger partial charge in [-0.05, 0) is 45.1 Å². The zero-order chi connectivity index (χ0) is 13.1. The molecule has 0 aliphatic heterocycles. The lowest BCUT2D eigenvalue weighted by atomic mass is 10.2. The van der Waals surface area contributed by atoms with Crippen molar-refractivity contribution in [2.24, 2.45) is 0 Å². The van der Waals surface area contributed by atoms with Crippen LogP contribution < -0.4 is 11.1 Å². The molecule has 1 aliphatic carbocycles. The quantitative estimate of drug-likeness (QED) is 0.829. The first-order valence-corrected chi connectivity index (χ1v) is 7.90. The van der Waals surface area contributed by atoms with Gasteiger partial charge in [-0.15, -0.1) is 0 Å². The minimum absolute atomic E-state index is 0.414. The van der Waals surface area contributed by atoms with Crippen LogP contribution in [-0.4, -0.2) is 28.0 Å². The molecule has 1 heterocycles.